The quantitative estimate of drug-likeness (QED) is 0.792. The van der Waals surface area contributed by atoms with Crippen molar-refractivity contribution in [3.05, 3.63) is 20.8 Å². The third kappa shape index (κ3) is 2.08. The lowest BCUT2D eigenvalue weighted by atomic mass is 10.4. The summed E-state index contributed by atoms with van der Waals surface area (Å²) >= 11 is 5.41. The Bertz CT molecular complexity index is 408. The van der Waals surface area contributed by atoms with Gasteiger partial charge < -0.3 is 0 Å². The molecule has 0 saturated carbocycles. The van der Waals surface area contributed by atoms with Gasteiger partial charge in [-0.2, -0.15) is 4.37 Å². The molecule has 2 nitrogen and oxygen atoms in total. The summed E-state index contributed by atoms with van der Waals surface area (Å²) in [5, 5.41) is 1.04. The lowest BCUT2D eigenvalue weighted by Gasteiger charge is -1.85. The molecule has 0 amide bonds. The largest absolute Gasteiger partial charge is 0.209 e. The van der Waals surface area contributed by atoms with E-state index in [0.717, 1.165) is 15.3 Å². The van der Waals surface area contributed by atoms with Crippen molar-refractivity contribution >= 4 is 45.5 Å². The second-order valence-corrected chi connectivity index (χ2v) is 5.37. The van der Waals surface area contributed by atoms with E-state index in [4.69, 9.17) is 0 Å². The Labute approximate surface area is 98.3 Å². The van der Waals surface area contributed by atoms with Gasteiger partial charge in [0, 0.05) is 27.5 Å². The average Bonchev–Trinajstić information content (AvgIpc) is 2.71. The Hall–Kier alpha value is -0.0100. The lowest BCUT2D eigenvalue weighted by Crippen LogP contribution is -1.71. The SMILES string of the molecule is CCc1ccc(-c2nc(I)ns2)s1. The number of aryl methyl sites for hydroxylation is 1. The standard InChI is InChI=1S/C8H7IN2S2/c1-2-5-3-4-6(12-5)7-10-8(9)11-13-7/h3-4H,2H2,1H3. The zero-order valence-electron chi connectivity index (χ0n) is 6.95. The lowest BCUT2D eigenvalue weighted by molar-refractivity contribution is 1.19. The molecule has 0 fully saturated rings. The molecule has 0 aliphatic rings. The molecule has 0 bridgehead atoms. The minimum atomic E-state index is 0.837. The van der Waals surface area contributed by atoms with Crippen molar-refractivity contribution in [3.8, 4) is 9.88 Å². The molecule has 2 heterocycles. The van der Waals surface area contributed by atoms with E-state index in [1.807, 2.05) is 0 Å². The van der Waals surface area contributed by atoms with Crippen LogP contribution in [0.3, 0.4) is 0 Å². The van der Waals surface area contributed by atoms with Crippen LogP contribution >= 0.6 is 45.5 Å². The van der Waals surface area contributed by atoms with Gasteiger partial charge in [-0.3, -0.25) is 0 Å². The Balaban J connectivity index is 2.35. The molecule has 2 rings (SSSR count). The highest BCUT2D eigenvalue weighted by Crippen LogP contribution is 2.29. The molecule has 13 heavy (non-hydrogen) atoms. The summed E-state index contributed by atoms with van der Waals surface area (Å²) in [6.07, 6.45) is 1.10. The molecule has 68 valence electrons. The minimum absolute atomic E-state index is 0.837. The number of hydrogen-bond donors (Lipinski definition) is 0. The fourth-order valence-corrected chi connectivity index (χ4v) is 3.25. The molecule has 0 spiro atoms. The maximum atomic E-state index is 4.33. The van der Waals surface area contributed by atoms with Crippen LogP contribution in [0, 0.1) is 3.83 Å². The molecule has 0 aliphatic heterocycles. The molecule has 0 aromatic carbocycles. The van der Waals surface area contributed by atoms with Crippen molar-refractivity contribution in [3.63, 3.8) is 0 Å². The normalized spacial score (nSPS) is 10.6. The van der Waals surface area contributed by atoms with Gasteiger partial charge in [0.15, 0.2) is 5.01 Å². The summed E-state index contributed by atoms with van der Waals surface area (Å²) in [5.41, 5.74) is 0. The zero-order valence-corrected chi connectivity index (χ0v) is 10.7. The van der Waals surface area contributed by atoms with Crippen LogP contribution in [-0.2, 0) is 6.42 Å². The minimum Gasteiger partial charge on any atom is -0.209 e. The second kappa shape index (κ2) is 4.02. The van der Waals surface area contributed by atoms with Gasteiger partial charge in [-0.05, 0) is 30.1 Å². The van der Waals surface area contributed by atoms with Crippen LogP contribution in [0.5, 0.6) is 0 Å². The Morgan fingerprint density at radius 2 is 2.31 bits per heavy atom. The van der Waals surface area contributed by atoms with E-state index in [1.165, 1.54) is 21.3 Å². The van der Waals surface area contributed by atoms with Crippen LogP contribution in [0.2, 0.25) is 0 Å². The molecule has 0 unspecified atom stereocenters. The third-order valence-electron chi connectivity index (χ3n) is 1.62. The van der Waals surface area contributed by atoms with Gasteiger partial charge in [-0.1, -0.05) is 6.92 Å². The van der Waals surface area contributed by atoms with Crippen LogP contribution < -0.4 is 0 Å². The van der Waals surface area contributed by atoms with Gasteiger partial charge >= 0.3 is 0 Å². The van der Waals surface area contributed by atoms with Gasteiger partial charge in [0.1, 0.15) is 0 Å². The van der Waals surface area contributed by atoms with Crippen molar-refractivity contribution < 1.29 is 0 Å². The van der Waals surface area contributed by atoms with E-state index in [0.29, 0.717) is 0 Å². The van der Waals surface area contributed by atoms with E-state index in [2.05, 4.69) is 51.0 Å². The van der Waals surface area contributed by atoms with E-state index >= 15 is 0 Å². The molecule has 5 heteroatoms. The predicted octanol–water partition coefficient (Wildman–Crippen LogP) is 3.43. The maximum absolute atomic E-state index is 4.33. The first-order chi connectivity index (χ1) is 6.29. The average molecular weight is 322 g/mol. The van der Waals surface area contributed by atoms with Crippen molar-refractivity contribution in [2.24, 2.45) is 0 Å². The Morgan fingerprint density at radius 1 is 1.46 bits per heavy atom. The molecule has 0 radical (unpaired) electrons. The topological polar surface area (TPSA) is 25.8 Å². The number of thiophene rings is 1. The Morgan fingerprint density at radius 3 is 2.85 bits per heavy atom. The molecule has 2 aromatic rings. The fraction of sp³-hybridized carbons (Fsp3) is 0.250. The molecule has 0 aliphatic carbocycles. The van der Waals surface area contributed by atoms with Crippen LogP contribution in [-0.4, -0.2) is 9.36 Å². The molecule has 0 N–H and O–H groups in total. The van der Waals surface area contributed by atoms with Gasteiger partial charge in [0.25, 0.3) is 0 Å². The molecular weight excluding hydrogens is 315 g/mol. The summed E-state index contributed by atoms with van der Waals surface area (Å²) in [6, 6.07) is 4.29. The first kappa shape index (κ1) is 9.54. The highest BCUT2D eigenvalue weighted by Gasteiger charge is 2.06. The van der Waals surface area contributed by atoms with E-state index < -0.39 is 0 Å². The number of rotatable bonds is 2. The molecule has 0 atom stereocenters. The van der Waals surface area contributed by atoms with Gasteiger partial charge in [0.05, 0.1) is 4.88 Å². The van der Waals surface area contributed by atoms with Crippen LogP contribution in [0.15, 0.2) is 12.1 Å². The van der Waals surface area contributed by atoms with Crippen molar-refractivity contribution in [2.75, 3.05) is 0 Å². The fourth-order valence-electron chi connectivity index (χ4n) is 0.988. The Kier molecular flexibility index (Phi) is 2.95. The molecule has 2 aromatic heterocycles. The number of halogens is 1. The van der Waals surface area contributed by atoms with Crippen molar-refractivity contribution in [2.45, 2.75) is 13.3 Å². The van der Waals surface area contributed by atoms with Crippen molar-refractivity contribution in [1.29, 1.82) is 0 Å². The molecule has 0 saturated heterocycles. The number of hydrogen-bond acceptors (Lipinski definition) is 4. The van der Waals surface area contributed by atoms with E-state index in [-0.39, 0.29) is 0 Å². The summed E-state index contributed by atoms with van der Waals surface area (Å²) in [5.74, 6) is 0. The third-order valence-corrected chi connectivity index (χ3v) is 4.55. The highest BCUT2D eigenvalue weighted by molar-refractivity contribution is 14.1. The summed E-state index contributed by atoms with van der Waals surface area (Å²) in [7, 11) is 0. The summed E-state index contributed by atoms with van der Waals surface area (Å²) in [6.45, 7) is 2.17. The van der Waals surface area contributed by atoms with Crippen molar-refractivity contribution in [1.82, 2.24) is 9.36 Å². The first-order valence-electron chi connectivity index (χ1n) is 3.88. The van der Waals surface area contributed by atoms with Crippen LogP contribution in [0.4, 0.5) is 0 Å². The summed E-state index contributed by atoms with van der Waals surface area (Å²) in [4.78, 5) is 6.97. The van der Waals surface area contributed by atoms with E-state index in [1.54, 1.807) is 11.3 Å². The van der Waals surface area contributed by atoms with Crippen LogP contribution in [0.1, 0.15) is 11.8 Å². The maximum Gasteiger partial charge on any atom is 0.203 e. The second-order valence-electron chi connectivity index (χ2n) is 2.49. The monoisotopic (exact) mass is 322 g/mol. The highest BCUT2D eigenvalue weighted by atomic mass is 127. The van der Waals surface area contributed by atoms with Crippen LogP contribution in [0.25, 0.3) is 9.88 Å². The predicted molar refractivity (Wildman–Crippen MR) is 65.3 cm³/mol. The van der Waals surface area contributed by atoms with Gasteiger partial charge in [0.2, 0.25) is 3.83 Å². The van der Waals surface area contributed by atoms with Gasteiger partial charge in [-0.15, -0.1) is 11.3 Å². The number of nitrogens with zero attached hydrogens (tertiary/aromatic N) is 2. The number of aromatic nitrogens is 2. The smallest absolute Gasteiger partial charge is 0.203 e. The zero-order chi connectivity index (χ0) is 9.26. The van der Waals surface area contributed by atoms with Gasteiger partial charge in [-0.25, -0.2) is 4.98 Å². The summed E-state index contributed by atoms with van der Waals surface area (Å²) < 4.78 is 4.99. The molecular formula is C8H7IN2S2. The first-order valence-corrected chi connectivity index (χ1v) is 6.54. The van der Waals surface area contributed by atoms with E-state index in [9.17, 15) is 0 Å².